The van der Waals surface area contributed by atoms with Gasteiger partial charge in [-0.05, 0) is 50.2 Å². The van der Waals surface area contributed by atoms with E-state index in [0.29, 0.717) is 18.9 Å². The summed E-state index contributed by atoms with van der Waals surface area (Å²) >= 11 is 0. The van der Waals surface area contributed by atoms with E-state index < -0.39 is 0 Å². The highest BCUT2D eigenvalue weighted by molar-refractivity contribution is 5.94. The molecule has 0 spiro atoms. The van der Waals surface area contributed by atoms with Crippen LogP contribution in [0.1, 0.15) is 13.8 Å². The second kappa shape index (κ2) is 10.3. The summed E-state index contributed by atoms with van der Waals surface area (Å²) in [4.78, 5) is 12.2. The summed E-state index contributed by atoms with van der Waals surface area (Å²) < 4.78 is 16.2. The SMILES string of the molecule is COCCOc1ccc(NC(=O)CNc2ccccc2OC(C)C)cc1. The van der Waals surface area contributed by atoms with Crippen molar-refractivity contribution in [3.63, 3.8) is 0 Å². The van der Waals surface area contributed by atoms with Gasteiger partial charge in [-0.15, -0.1) is 0 Å². The summed E-state index contributed by atoms with van der Waals surface area (Å²) in [5.41, 5.74) is 1.50. The van der Waals surface area contributed by atoms with Gasteiger partial charge in [0.1, 0.15) is 18.1 Å². The van der Waals surface area contributed by atoms with Crippen LogP contribution in [0.2, 0.25) is 0 Å². The number of para-hydroxylation sites is 2. The van der Waals surface area contributed by atoms with E-state index in [1.807, 2.05) is 50.2 Å². The summed E-state index contributed by atoms with van der Waals surface area (Å²) in [5, 5.41) is 5.95. The number of ether oxygens (including phenoxy) is 3. The third-order valence-corrected chi connectivity index (χ3v) is 3.38. The van der Waals surface area contributed by atoms with Crippen molar-refractivity contribution in [3.05, 3.63) is 48.5 Å². The van der Waals surface area contributed by atoms with Gasteiger partial charge in [-0.3, -0.25) is 4.79 Å². The molecule has 0 aromatic heterocycles. The van der Waals surface area contributed by atoms with Crippen LogP contribution in [0, 0.1) is 0 Å². The minimum atomic E-state index is -0.141. The van der Waals surface area contributed by atoms with E-state index in [0.717, 1.165) is 17.2 Å². The van der Waals surface area contributed by atoms with Crippen molar-refractivity contribution in [2.75, 3.05) is 37.5 Å². The van der Waals surface area contributed by atoms with Gasteiger partial charge in [0.2, 0.25) is 5.91 Å². The highest BCUT2D eigenvalue weighted by Crippen LogP contribution is 2.24. The van der Waals surface area contributed by atoms with E-state index in [-0.39, 0.29) is 18.6 Å². The molecule has 2 N–H and O–H groups in total. The average Bonchev–Trinajstić information content (AvgIpc) is 2.62. The number of rotatable bonds is 10. The lowest BCUT2D eigenvalue weighted by Gasteiger charge is -2.15. The smallest absolute Gasteiger partial charge is 0.243 e. The van der Waals surface area contributed by atoms with Crippen LogP contribution in [0.3, 0.4) is 0 Å². The van der Waals surface area contributed by atoms with Crippen molar-refractivity contribution < 1.29 is 19.0 Å². The fourth-order valence-electron chi connectivity index (χ4n) is 2.23. The van der Waals surface area contributed by atoms with Crippen LogP contribution in [-0.4, -0.2) is 38.9 Å². The zero-order valence-corrected chi connectivity index (χ0v) is 15.5. The number of benzene rings is 2. The Bertz CT molecular complexity index is 686. The Morgan fingerprint density at radius 2 is 1.77 bits per heavy atom. The molecule has 0 heterocycles. The maximum absolute atomic E-state index is 12.2. The maximum Gasteiger partial charge on any atom is 0.243 e. The van der Waals surface area contributed by atoms with Gasteiger partial charge in [-0.1, -0.05) is 12.1 Å². The van der Waals surface area contributed by atoms with Gasteiger partial charge in [-0.25, -0.2) is 0 Å². The Hall–Kier alpha value is -2.73. The second-order valence-corrected chi connectivity index (χ2v) is 5.93. The largest absolute Gasteiger partial charge is 0.491 e. The van der Waals surface area contributed by atoms with Crippen LogP contribution >= 0.6 is 0 Å². The van der Waals surface area contributed by atoms with Crippen LogP contribution in [0.5, 0.6) is 11.5 Å². The molecule has 1 amide bonds. The van der Waals surface area contributed by atoms with Gasteiger partial charge in [0.05, 0.1) is 24.9 Å². The Morgan fingerprint density at radius 1 is 1.04 bits per heavy atom. The monoisotopic (exact) mass is 358 g/mol. The van der Waals surface area contributed by atoms with Gasteiger partial charge in [0.15, 0.2) is 0 Å². The number of anilines is 2. The van der Waals surface area contributed by atoms with Crippen molar-refractivity contribution >= 4 is 17.3 Å². The molecule has 6 heteroatoms. The Morgan fingerprint density at radius 3 is 2.46 bits per heavy atom. The fourth-order valence-corrected chi connectivity index (χ4v) is 2.23. The van der Waals surface area contributed by atoms with E-state index in [1.54, 1.807) is 19.2 Å². The number of amides is 1. The molecule has 0 bridgehead atoms. The first kappa shape index (κ1) is 19.6. The van der Waals surface area contributed by atoms with Crippen LogP contribution in [0.15, 0.2) is 48.5 Å². The van der Waals surface area contributed by atoms with Crippen LogP contribution in [-0.2, 0) is 9.53 Å². The Kier molecular flexibility index (Phi) is 7.76. The molecule has 0 aliphatic rings. The van der Waals surface area contributed by atoms with E-state index in [1.165, 1.54) is 0 Å². The molecule has 2 rings (SSSR count). The molecule has 26 heavy (non-hydrogen) atoms. The molecular formula is C20H26N2O4. The third kappa shape index (κ3) is 6.64. The molecule has 2 aromatic carbocycles. The van der Waals surface area contributed by atoms with Crippen molar-refractivity contribution in [1.82, 2.24) is 0 Å². The summed E-state index contributed by atoms with van der Waals surface area (Å²) in [5.74, 6) is 1.32. The van der Waals surface area contributed by atoms with Gasteiger partial charge in [0, 0.05) is 12.8 Å². The van der Waals surface area contributed by atoms with Crippen molar-refractivity contribution in [2.24, 2.45) is 0 Å². The molecule has 0 aliphatic heterocycles. The molecule has 0 aliphatic carbocycles. The minimum absolute atomic E-state index is 0.0661. The zero-order valence-electron chi connectivity index (χ0n) is 15.5. The summed E-state index contributed by atoms with van der Waals surface area (Å²) in [6.07, 6.45) is 0.0661. The van der Waals surface area contributed by atoms with Gasteiger partial charge < -0.3 is 24.8 Å². The molecule has 0 fully saturated rings. The normalized spacial score (nSPS) is 10.5. The summed E-state index contributed by atoms with van der Waals surface area (Å²) in [7, 11) is 1.63. The first-order chi connectivity index (χ1) is 12.6. The van der Waals surface area contributed by atoms with Crippen molar-refractivity contribution in [1.29, 1.82) is 0 Å². The number of carbonyl (C=O) groups is 1. The van der Waals surface area contributed by atoms with Gasteiger partial charge >= 0.3 is 0 Å². The number of carbonyl (C=O) groups excluding carboxylic acids is 1. The van der Waals surface area contributed by atoms with E-state index in [2.05, 4.69) is 10.6 Å². The van der Waals surface area contributed by atoms with Crippen LogP contribution < -0.4 is 20.1 Å². The van der Waals surface area contributed by atoms with Gasteiger partial charge in [-0.2, -0.15) is 0 Å². The standard InChI is InChI=1S/C20H26N2O4/c1-15(2)26-19-7-5-4-6-18(19)21-14-20(23)22-16-8-10-17(11-9-16)25-13-12-24-3/h4-11,15,21H,12-14H2,1-3H3,(H,22,23). The second-order valence-electron chi connectivity index (χ2n) is 5.93. The highest BCUT2D eigenvalue weighted by Gasteiger charge is 2.07. The quantitative estimate of drug-likeness (QED) is 0.636. The lowest BCUT2D eigenvalue weighted by atomic mass is 10.2. The summed E-state index contributed by atoms with van der Waals surface area (Å²) in [6.45, 7) is 5.10. The highest BCUT2D eigenvalue weighted by atomic mass is 16.5. The molecule has 0 atom stereocenters. The van der Waals surface area contributed by atoms with E-state index in [9.17, 15) is 4.79 Å². The Balaban J connectivity index is 1.84. The lowest BCUT2D eigenvalue weighted by Crippen LogP contribution is -2.22. The molecule has 2 aromatic rings. The molecule has 0 unspecified atom stereocenters. The molecule has 140 valence electrons. The maximum atomic E-state index is 12.2. The zero-order chi connectivity index (χ0) is 18.8. The molecule has 0 radical (unpaired) electrons. The van der Waals surface area contributed by atoms with E-state index in [4.69, 9.17) is 14.2 Å². The number of hydrogen-bond donors (Lipinski definition) is 2. The predicted molar refractivity (Wildman–Crippen MR) is 103 cm³/mol. The lowest BCUT2D eigenvalue weighted by molar-refractivity contribution is -0.114. The third-order valence-electron chi connectivity index (χ3n) is 3.38. The first-order valence-electron chi connectivity index (χ1n) is 8.59. The summed E-state index contributed by atoms with van der Waals surface area (Å²) in [6, 6.07) is 14.8. The topological polar surface area (TPSA) is 68.8 Å². The first-order valence-corrected chi connectivity index (χ1v) is 8.59. The van der Waals surface area contributed by atoms with Crippen molar-refractivity contribution in [3.8, 4) is 11.5 Å². The molecule has 6 nitrogen and oxygen atoms in total. The number of hydrogen-bond acceptors (Lipinski definition) is 5. The van der Waals surface area contributed by atoms with Gasteiger partial charge in [0.25, 0.3) is 0 Å². The average molecular weight is 358 g/mol. The fraction of sp³-hybridized carbons (Fsp3) is 0.350. The molecule has 0 saturated carbocycles. The van der Waals surface area contributed by atoms with Crippen LogP contribution in [0.4, 0.5) is 11.4 Å². The number of methoxy groups -OCH3 is 1. The number of nitrogens with one attached hydrogen (secondary N) is 2. The predicted octanol–water partition coefficient (Wildman–Crippen LogP) is 3.55. The molecule has 0 saturated heterocycles. The molecular weight excluding hydrogens is 332 g/mol. The Labute approximate surface area is 154 Å². The van der Waals surface area contributed by atoms with Crippen LogP contribution in [0.25, 0.3) is 0 Å². The van der Waals surface area contributed by atoms with E-state index >= 15 is 0 Å². The van der Waals surface area contributed by atoms with Crippen molar-refractivity contribution in [2.45, 2.75) is 20.0 Å². The minimum Gasteiger partial charge on any atom is -0.491 e.